The van der Waals surface area contributed by atoms with Crippen molar-refractivity contribution in [1.29, 1.82) is 0 Å². The van der Waals surface area contributed by atoms with Gasteiger partial charge in [0.25, 0.3) is 0 Å². The predicted octanol–water partition coefficient (Wildman–Crippen LogP) is 4.21. The first-order valence-electron chi connectivity index (χ1n) is 6.63. The van der Waals surface area contributed by atoms with Crippen LogP contribution in [-0.2, 0) is 4.79 Å². The Balaban J connectivity index is 2.39. The topological polar surface area (TPSA) is 37.3 Å². The molecule has 1 fully saturated rings. The molecule has 1 N–H and O–H groups in total. The SMILES string of the molecule is O=C(O)C1CC2C=CC1(C(F)(F)C(F)(F)C(F)CC(F)(F)F)C2. The van der Waals surface area contributed by atoms with Crippen LogP contribution in [0.4, 0.5) is 35.1 Å². The maximum atomic E-state index is 14.4. The first-order valence-corrected chi connectivity index (χ1v) is 6.63. The van der Waals surface area contributed by atoms with E-state index in [0.717, 1.165) is 6.08 Å². The maximum absolute atomic E-state index is 14.4. The fourth-order valence-electron chi connectivity index (χ4n) is 3.42. The van der Waals surface area contributed by atoms with E-state index in [1.165, 1.54) is 0 Å². The van der Waals surface area contributed by atoms with Crippen molar-refractivity contribution in [1.82, 2.24) is 0 Å². The largest absolute Gasteiger partial charge is 0.481 e. The maximum Gasteiger partial charge on any atom is 0.392 e. The molecule has 1 saturated carbocycles. The third-order valence-corrected chi connectivity index (χ3v) is 4.53. The Kier molecular flexibility index (Phi) is 3.97. The third kappa shape index (κ3) is 2.59. The predicted molar refractivity (Wildman–Crippen MR) is 60.9 cm³/mol. The van der Waals surface area contributed by atoms with Gasteiger partial charge in [-0.15, -0.1) is 0 Å². The standard InChI is InChI=1S/C13H12F8O2/c14-8(5-11(15,16)17)12(18,19)13(20,21)10-2-1-6(4-10)3-7(10)9(22)23/h1-2,6-8H,3-5H2,(H,22,23). The van der Waals surface area contributed by atoms with Crippen LogP contribution in [0.1, 0.15) is 19.3 Å². The number of halogens is 8. The van der Waals surface area contributed by atoms with E-state index in [-0.39, 0.29) is 6.42 Å². The van der Waals surface area contributed by atoms with Gasteiger partial charge in [0, 0.05) is 0 Å². The van der Waals surface area contributed by atoms with Gasteiger partial charge in [-0.25, -0.2) is 4.39 Å². The summed E-state index contributed by atoms with van der Waals surface area (Å²) in [6.07, 6.45) is -11.6. The molecule has 132 valence electrons. The van der Waals surface area contributed by atoms with E-state index >= 15 is 0 Å². The van der Waals surface area contributed by atoms with Crippen molar-refractivity contribution >= 4 is 5.97 Å². The molecule has 4 unspecified atom stereocenters. The minimum atomic E-state index is -5.65. The molecule has 0 saturated heterocycles. The van der Waals surface area contributed by atoms with Gasteiger partial charge in [0.2, 0.25) is 0 Å². The number of carboxylic acids is 1. The minimum Gasteiger partial charge on any atom is -0.481 e. The van der Waals surface area contributed by atoms with Crippen molar-refractivity contribution in [3.63, 3.8) is 0 Å². The van der Waals surface area contributed by atoms with E-state index < -0.39 is 60.3 Å². The van der Waals surface area contributed by atoms with Gasteiger partial charge in [0.1, 0.15) is 0 Å². The second kappa shape index (κ2) is 5.07. The molecule has 0 heterocycles. The zero-order chi connectivity index (χ0) is 17.8. The first-order chi connectivity index (χ1) is 10.2. The smallest absolute Gasteiger partial charge is 0.392 e. The van der Waals surface area contributed by atoms with Crippen LogP contribution < -0.4 is 0 Å². The lowest BCUT2D eigenvalue weighted by Crippen LogP contribution is -2.60. The van der Waals surface area contributed by atoms with Crippen LogP contribution in [0.5, 0.6) is 0 Å². The summed E-state index contributed by atoms with van der Waals surface area (Å²) in [7, 11) is 0. The number of hydrogen-bond donors (Lipinski definition) is 1. The average Bonchev–Trinajstić information content (AvgIpc) is 2.95. The second-order valence-corrected chi connectivity index (χ2v) is 5.97. The molecule has 0 aromatic carbocycles. The van der Waals surface area contributed by atoms with Crippen LogP contribution in [0.2, 0.25) is 0 Å². The third-order valence-electron chi connectivity index (χ3n) is 4.53. The molecule has 0 amide bonds. The Morgan fingerprint density at radius 1 is 1.22 bits per heavy atom. The highest BCUT2D eigenvalue weighted by atomic mass is 19.4. The van der Waals surface area contributed by atoms with Gasteiger partial charge in [0.05, 0.1) is 17.8 Å². The van der Waals surface area contributed by atoms with Crippen molar-refractivity contribution in [3.8, 4) is 0 Å². The summed E-state index contributed by atoms with van der Waals surface area (Å²) in [5.74, 6) is -15.3. The molecule has 0 spiro atoms. The van der Waals surface area contributed by atoms with Gasteiger partial charge in [-0.3, -0.25) is 4.79 Å². The minimum absolute atomic E-state index is 0.340. The highest BCUT2D eigenvalue weighted by Crippen LogP contribution is 2.65. The van der Waals surface area contributed by atoms with E-state index in [1.54, 1.807) is 0 Å². The molecule has 10 heteroatoms. The molecular formula is C13H12F8O2. The summed E-state index contributed by atoms with van der Waals surface area (Å²) < 4.78 is 106. The number of alkyl halides is 8. The van der Waals surface area contributed by atoms with Crippen LogP contribution in [0, 0.1) is 17.3 Å². The van der Waals surface area contributed by atoms with Gasteiger partial charge in [-0.1, -0.05) is 12.2 Å². The lowest BCUT2D eigenvalue weighted by atomic mass is 9.70. The molecule has 2 rings (SSSR count). The molecule has 0 aromatic rings. The average molecular weight is 352 g/mol. The zero-order valence-corrected chi connectivity index (χ0v) is 11.4. The summed E-state index contributed by atoms with van der Waals surface area (Å²) in [6.45, 7) is 0. The molecular weight excluding hydrogens is 340 g/mol. The number of hydrogen-bond acceptors (Lipinski definition) is 1. The molecule has 2 aliphatic rings. The quantitative estimate of drug-likeness (QED) is 0.594. The summed E-state index contributed by atoms with van der Waals surface area (Å²) in [4.78, 5) is 11.1. The molecule has 23 heavy (non-hydrogen) atoms. The molecule has 4 atom stereocenters. The number of allylic oxidation sites excluding steroid dienone is 2. The number of aliphatic carboxylic acids is 1. The Labute approximate surface area is 125 Å². The Morgan fingerprint density at radius 3 is 2.22 bits per heavy atom. The molecule has 0 aromatic heterocycles. The van der Waals surface area contributed by atoms with E-state index in [2.05, 4.69) is 0 Å². The van der Waals surface area contributed by atoms with Gasteiger partial charge < -0.3 is 5.11 Å². The Morgan fingerprint density at radius 2 is 1.78 bits per heavy atom. The lowest BCUT2D eigenvalue weighted by molar-refractivity contribution is -0.296. The van der Waals surface area contributed by atoms with Crippen molar-refractivity contribution in [3.05, 3.63) is 12.2 Å². The van der Waals surface area contributed by atoms with Crippen LogP contribution in [0.15, 0.2) is 12.2 Å². The first kappa shape index (κ1) is 18.0. The fraction of sp³-hybridized carbons (Fsp3) is 0.769. The van der Waals surface area contributed by atoms with Gasteiger partial charge in [-0.05, 0) is 18.8 Å². The van der Waals surface area contributed by atoms with E-state index in [9.17, 15) is 39.9 Å². The summed E-state index contributed by atoms with van der Waals surface area (Å²) in [5.41, 5.74) is -2.89. The summed E-state index contributed by atoms with van der Waals surface area (Å²) >= 11 is 0. The van der Waals surface area contributed by atoms with E-state index in [4.69, 9.17) is 5.11 Å². The van der Waals surface area contributed by atoms with Gasteiger partial charge in [-0.2, -0.15) is 30.7 Å². The Bertz CT molecular complexity index is 527. The molecule has 2 aliphatic carbocycles. The lowest BCUT2D eigenvalue weighted by Gasteiger charge is -2.42. The van der Waals surface area contributed by atoms with Crippen molar-refractivity contribution in [2.24, 2.45) is 17.3 Å². The molecule has 0 aliphatic heterocycles. The van der Waals surface area contributed by atoms with Crippen LogP contribution in [-0.4, -0.2) is 35.3 Å². The van der Waals surface area contributed by atoms with Crippen LogP contribution in [0.25, 0.3) is 0 Å². The second-order valence-electron chi connectivity index (χ2n) is 5.97. The normalized spacial score (nSPS) is 32.3. The summed E-state index contributed by atoms with van der Waals surface area (Å²) in [6, 6.07) is 0. The summed E-state index contributed by atoms with van der Waals surface area (Å²) in [5, 5.41) is 8.97. The molecule has 2 bridgehead atoms. The highest BCUT2D eigenvalue weighted by Gasteiger charge is 2.76. The van der Waals surface area contributed by atoms with Crippen molar-refractivity contribution in [2.75, 3.05) is 0 Å². The zero-order valence-electron chi connectivity index (χ0n) is 11.4. The number of rotatable bonds is 5. The Hall–Kier alpha value is -1.35. The van der Waals surface area contributed by atoms with Gasteiger partial charge in [0.15, 0.2) is 6.17 Å². The van der Waals surface area contributed by atoms with Crippen molar-refractivity contribution < 1.29 is 45.0 Å². The highest BCUT2D eigenvalue weighted by molar-refractivity contribution is 5.73. The molecule has 2 nitrogen and oxygen atoms in total. The molecule has 0 radical (unpaired) electrons. The van der Waals surface area contributed by atoms with E-state index in [0.29, 0.717) is 6.08 Å². The van der Waals surface area contributed by atoms with Crippen molar-refractivity contribution in [2.45, 2.75) is 43.5 Å². The monoisotopic (exact) mass is 352 g/mol. The van der Waals surface area contributed by atoms with Crippen LogP contribution in [0.3, 0.4) is 0 Å². The van der Waals surface area contributed by atoms with Crippen LogP contribution >= 0.6 is 0 Å². The number of carboxylic acid groups (broad SMARTS) is 1. The van der Waals surface area contributed by atoms with E-state index in [1.807, 2.05) is 0 Å². The fourth-order valence-corrected chi connectivity index (χ4v) is 3.42. The van der Waals surface area contributed by atoms with Gasteiger partial charge >= 0.3 is 24.0 Å². The number of carbonyl (C=O) groups is 1. The number of fused-ring (bicyclic) bond motifs is 2.